The molecule has 0 spiro atoms. The summed E-state index contributed by atoms with van der Waals surface area (Å²) in [7, 11) is 0. The number of nitrogens with two attached hydrogens (primary N) is 1. The normalized spacial score (nSPS) is 17.1. The van der Waals surface area contributed by atoms with Gasteiger partial charge in [-0.3, -0.25) is 4.79 Å². The fraction of sp³-hybridized carbons (Fsp3) is 0.500. The zero-order chi connectivity index (χ0) is 31.5. The molecule has 0 aromatic heterocycles. The van der Waals surface area contributed by atoms with Crippen LogP contribution in [0, 0.1) is 6.92 Å². The van der Waals surface area contributed by atoms with E-state index < -0.39 is 0 Å². The van der Waals surface area contributed by atoms with Gasteiger partial charge >= 0.3 is 0 Å². The number of ether oxygens (including phenoxy) is 1. The number of hydrogen-bond acceptors (Lipinski definition) is 4. The maximum atomic E-state index is 12.0. The summed E-state index contributed by atoms with van der Waals surface area (Å²) in [4.78, 5) is 14.2. The van der Waals surface area contributed by atoms with Crippen LogP contribution >= 0.6 is 0 Å². The molecule has 3 N–H and O–H groups in total. The largest absolute Gasteiger partial charge is 0.490 e. The number of nitrogens with zero attached hydrogens (tertiary/aromatic N) is 1. The third-order valence-corrected chi connectivity index (χ3v) is 7.83. The second-order valence-electron chi connectivity index (χ2n) is 11.6. The van der Waals surface area contributed by atoms with Crippen LogP contribution in [0.5, 0.6) is 5.75 Å². The van der Waals surface area contributed by atoms with Crippen LogP contribution in [0.1, 0.15) is 95.8 Å². The van der Waals surface area contributed by atoms with Gasteiger partial charge in [-0.15, -0.1) is 0 Å². The fourth-order valence-corrected chi connectivity index (χ4v) is 4.94. The number of unbranched alkanes of at least 4 members (excludes halogenated alkanes) is 1. The average molecular weight is 588 g/mol. The third kappa shape index (κ3) is 13.3. The summed E-state index contributed by atoms with van der Waals surface area (Å²) in [5.41, 5.74) is 11.2. The van der Waals surface area contributed by atoms with E-state index in [9.17, 15) is 4.79 Å². The number of hydrogen-bond donors (Lipinski definition) is 2. The fourth-order valence-electron chi connectivity index (χ4n) is 4.94. The molecule has 5 heteroatoms. The van der Waals surface area contributed by atoms with Gasteiger partial charge in [0, 0.05) is 24.5 Å². The van der Waals surface area contributed by atoms with Crippen molar-refractivity contribution in [3.05, 3.63) is 101 Å². The van der Waals surface area contributed by atoms with Gasteiger partial charge in [0.25, 0.3) is 5.91 Å². The van der Waals surface area contributed by atoms with Crippen LogP contribution in [-0.4, -0.2) is 36.0 Å². The molecule has 43 heavy (non-hydrogen) atoms. The van der Waals surface area contributed by atoms with Crippen LogP contribution in [0.25, 0.3) is 0 Å². The summed E-state index contributed by atoms with van der Waals surface area (Å²) in [5, 5.41) is 2.88. The lowest BCUT2D eigenvalue weighted by molar-refractivity contribution is -0.117. The lowest BCUT2D eigenvalue weighted by Gasteiger charge is -2.30. The first-order valence-corrected chi connectivity index (χ1v) is 16.5. The van der Waals surface area contributed by atoms with Crippen LogP contribution in [-0.2, 0) is 17.6 Å². The van der Waals surface area contributed by atoms with Gasteiger partial charge in [-0.1, -0.05) is 101 Å². The topological polar surface area (TPSA) is 67.6 Å². The number of carbonyl (C=O) groups is 1. The van der Waals surface area contributed by atoms with E-state index in [0.717, 1.165) is 30.7 Å². The van der Waals surface area contributed by atoms with Gasteiger partial charge in [-0.25, -0.2) is 0 Å². The molecule has 1 amide bonds. The molecule has 2 aromatic rings. The van der Waals surface area contributed by atoms with Gasteiger partial charge in [-0.2, -0.15) is 0 Å². The van der Waals surface area contributed by atoms with Crippen LogP contribution in [0.15, 0.2) is 84.7 Å². The Labute approximate surface area is 262 Å². The number of fused-ring (bicyclic) bond motifs is 1. The zero-order valence-corrected chi connectivity index (χ0v) is 27.5. The van der Waals surface area contributed by atoms with E-state index in [1.54, 1.807) is 0 Å². The van der Waals surface area contributed by atoms with Gasteiger partial charge in [0.05, 0.1) is 11.7 Å². The van der Waals surface area contributed by atoms with Crippen molar-refractivity contribution < 1.29 is 9.53 Å². The molecular weight excluding hydrogens is 530 g/mol. The summed E-state index contributed by atoms with van der Waals surface area (Å²) < 4.78 is 5.73. The predicted octanol–water partition coefficient (Wildman–Crippen LogP) is 8.43. The molecule has 2 aliphatic heterocycles. The highest BCUT2D eigenvalue weighted by atomic mass is 16.5. The van der Waals surface area contributed by atoms with Crippen LogP contribution in [0.3, 0.4) is 0 Å². The van der Waals surface area contributed by atoms with E-state index in [2.05, 4.69) is 81.7 Å². The number of carbonyl (C=O) groups excluding carboxylic acids is 1. The third-order valence-electron chi connectivity index (χ3n) is 7.83. The molecule has 1 unspecified atom stereocenters. The summed E-state index contributed by atoms with van der Waals surface area (Å²) in [5.74, 6) is 1.07. The quantitative estimate of drug-likeness (QED) is 0.319. The van der Waals surface area contributed by atoms with Gasteiger partial charge in [0.2, 0.25) is 0 Å². The Balaban J connectivity index is 0.000000230. The second kappa shape index (κ2) is 20.6. The van der Waals surface area contributed by atoms with Crippen molar-refractivity contribution >= 4 is 5.91 Å². The van der Waals surface area contributed by atoms with Crippen molar-refractivity contribution in [1.82, 2.24) is 10.2 Å². The molecule has 1 atom stereocenters. The van der Waals surface area contributed by atoms with Gasteiger partial charge in [0.1, 0.15) is 5.75 Å². The summed E-state index contributed by atoms with van der Waals surface area (Å²) in [6.45, 7) is 16.1. The standard InChI is InChI=1S/C15H23N3O.C12H16O.C7H8.C4H10/c1-12-7-8-13(15(19)17-10-4-9-16)11-18(12)14-5-2-3-6-14;1-3-10-5-7-12-11(8-10)6-4-9(2)13-12;1-7-5-3-2-4-6-7;1-3-4-2/h7-8,11,14H,1-6,9-10,16H2,(H,17,19);5,7-9H,3-4,6H2,1-2H3;2-6H,1H3;3-4H2,1-2H3. The van der Waals surface area contributed by atoms with E-state index >= 15 is 0 Å². The van der Waals surface area contributed by atoms with Gasteiger partial charge in [-0.05, 0) is 88.3 Å². The molecule has 0 radical (unpaired) electrons. The maximum absolute atomic E-state index is 12.0. The lowest BCUT2D eigenvalue weighted by Crippen LogP contribution is -2.32. The summed E-state index contributed by atoms with van der Waals surface area (Å²) >= 11 is 0. The maximum Gasteiger partial charge on any atom is 0.252 e. The molecule has 2 aromatic carbocycles. The van der Waals surface area contributed by atoms with Crippen molar-refractivity contribution in [2.24, 2.45) is 5.73 Å². The van der Waals surface area contributed by atoms with Crippen LogP contribution in [0.2, 0.25) is 0 Å². The number of amides is 1. The number of allylic oxidation sites excluding steroid dienone is 1. The highest BCUT2D eigenvalue weighted by Crippen LogP contribution is 2.30. The van der Waals surface area contributed by atoms with Crippen LogP contribution < -0.4 is 15.8 Å². The number of rotatable bonds is 7. The van der Waals surface area contributed by atoms with E-state index in [0.29, 0.717) is 30.8 Å². The highest BCUT2D eigenvalue weighted by molar-refractivity contribution is 5.96. The summed E-state index contributed by atoms with van der Waals surface area (Å²) in [6.07, 6.45) is 17.9. The SMILES string of the molecule is C=C1C=CC(C(=O)NCCCN)=CN1C1CCCC1.CCCC.CCc1ccc2c(c1)CCC(C)O2.Cc1ccccc1. The molecular formula is C38H57N3O2. The molecule has 3 aliphatic rings. The minimum absolute atomic E-state index is 0.0276. The van der Waals surface area contributed by atoms with Crippen molar-refractivity contribution in [2.45, 2.75) is 111 Å². The van der Waals surface area contributed by atoms with Gasteiger partial charge < -0.3 is 20.7 Å². The minimum Gasteiger partial charge on any atom is -0.490 e. The first kappa shape index (κ1) is 35.9. The molecule has 1 saturated carbocycles. The minimum atomic E-state index is -0.0276. The Hall–Kier alpha value is -3.31. The van der Waals surface area contributed by atoms with E-state index in [4.69, 9.17) is 10.5 Å². The zero-order valence-electron chi connectivity index (χ0n) is 27.5. The van der Waals surface area contributed by atoms with E-state index in [-0.39, 0.29) is 5.91 Å². The number of aryl methyl sites for hydroxylation is 3. The molecule has 1 aliphatic carbocycles. The van der Waals surface area contributed by atoms with Crippen molar-refractivity contribution in [2.75, 3.05) is 13.1 Å². The predicted molar refractivity (Wildman–Crippen MR) is 183 cm³/mol. The smallest absolute Gasteiger partial charge is 0.252 e. The van der Waals surface area contributed by atoms with Crippen molar-refractivity contribution in [3.8, 4) is 5.75 Å². The second-order valence-corrected chi connectivity index (χ2v) is 11.6. The van der Waals surface area contributed by atoms with Crippen molar-refractivity contribution in [1.29, 1.82) is 0 Å². The molecule has 2 heterocycles. The van der Waals surface area contributed by atoms with Gasteiger partial charge in [0.15, 0.2) is 0 Å². The molecule has 0 bridgehead atoms. The summed E-state index contributed by atoms with van der Waals surface area (Å²) in [6, 6.07) is 17.3. The monoisotopic (exact) mass is 587 g/mol. The van der Waals surface area contributed by atoms with Crippen LogP contribution in [0.4, 0.5) is 0 Å². The Kier molecular flexibility index (Phi) is 17.2. The molecule has 5 rings (SSSR count). The highest BCUT2D eigenvalue weighted by Gasteiger charge is 2.24. The Bertz CT molecular complexity index is 1150. The molecule has 236 valence electrons. The molecule has 5 nitrogen and oxygen atoms in total. The Morgan fingerprint density at radius 1 is 1.02 bits per heavy atom. The first-order valence-electron chi connectivity index (χ1n) is 16.5. The van der Waals surface area contributed by atoms with E-state index in [1.165, 1.54) is 61.6 Å². The first-order chi connectivity index (χ1) is 20.8. The Morgan fingerprint density at radius 3 is 2.30 bits per heavy atom. The van der Waals surface area contributed by atoms with Crippen molar-refractivity contribution in [3.63, 3.8) is 0 Å². The molecule has 0 saturated heterocycles. The molecule has 1 fully saturated rings. The lowest BCUT2D eigenvalue weighted by atomic mass is 10.00. The number of nitrogens with one attached hydrogen (secondary N) is 1. The average Bonchev–Trinajstić information content (AvgIpc) is 3.57. The number of benzene rings is 2. The Morgan fingerprint density at radius 2 is 1.72 bits per heavy atom. The van der Waals surface area contributed by atoms with E-state index in [1.807, 2.05) is 36.6 Å².